The van der Waals surface area contributed by atoms with Crippen molar-refractivity contribution in [1.29, 1.82) is 0 Å². The topological polar surface area (TPSA) is 83.5 Å². The maximum atomic E-state index is 12.1. The predicted octanol–water partition coefficient (Wildman–Crippen LogP) is 2.42. The molecule has 0 bridgehead atoms. The summed E-state index contributed by atoms with van der Waals surface area (Å²) in [6, 6.07) is 2.86. The largest absolute Gasteiger partial charge is 0.477 e. The zero-order valence-corrected chi connectivity index (χ0v) is 13.0. The Morgan fingerprint density at radius 1 is 1.45 bits per heavy atom. The molecule has 0 aliphatic heterocycles. The fraction of sp³-hybridized carbons (Fsp3) is 0.250. The van der Waals surface area contributed by atoms with Crippen LogP contribution in [0.5, 0.6) is 0 Å². The number of carbonyl (C=O) groups is 1. The van der Waals surface area contributed by atoms with Crippen molar-refractivity contribution in [3.8, 4) is 0 Å². The van der Waals surface area contributed by atoms with E-state index >= 15 is 0 Å². The Bertz CT molecular complexity index is 688. The van der Waals surface area contributed by atoms with Crippen molar-refractivity contribution in [2.24, 2.45) is 0 Å². The quantitative estimate of drug-likeness (QED) is 0.851. The highest BCUT2D eigenvalue weighted by atomic mass is 32.2. The molecule has 20 heavy (non-hydrogen) atoms. The van der Waals surface area contributed by atoms with Crippen LogP contribution < -0.4 is 4.72 Å². The summed E-state index contributed by atoms with van der Waals surface area (Å²) in [5, 5.41) is 14.1. The first-order chi connectivity index (χ1) is 9.38. The lowest BCUT2D eigenvalue weighted by Gasteiger charge is -2.12. The van der Waals surface area contributed by atoms with E-state index < -0.39 is 16.0 Å². The molecule has 0 spiro atoms. The summed E-state index contributed by atoms with van der Waals surface area (Å²) in [5.74, 6) is -1.12. The fourth-order valence-corrected chi connectivity index (χ4v) is 4.75. The molecular weight excluding hydrogens is 318 g/mol. The monoisotopic (exact) mass is 331 g/mol. The first-order valence-electron chi connectivity index (χ1n) is 5.74. The van der Waals surface area contributed by atoms with E-state index in [4.69, 9.17) is 5.11 Å². The lowest BCUT2D eigenvalue weighted by Crippen LogP contribution is -2.33. The Kier molecular flexibility index (Phi) is 4.59. The minimum Gasteiger partial charge on any atom is -0.477 e. The molecule has 0 saturated carbocycles. The molecule has 0 aliphatic rings. The van der Waals surface area contributed by atoms with E-state index in [-0.39, 0.29) is 15.8 Å². The number of hydrogen-bond donors (Lipinski definition) is 2. The molecule has 0 saturated heterocycles. The van der Waals surface area contributed by atoms with E-state index in [0.717, 1.165) is 16.9 Å². The molecule has 5 nitrogen and oxygen atoms in total. The van der Waals surface area contributed by atoms with Gasteiger partial charge >= 0.3 is 5.97 Å². The van der Waals surface area contributed by atoms with Crippen molar-refractivity contribution in [2.75, 3.05) is 0 Å². The van der Waals surface area contributed by atoms with Gasteiger partial charge in [0.1, 0.15) is 4.88 Å². The Morgan fingerprint density at radius 3 is 2.75 bits per heavy atom. The van der Waals surface area contributed by atoms with Crippen LogP contribution in [0.2, 0.25) is 0 Å². The minimum atomic E-state index is -3.67. The van der Waals surface area contributed by atoms with Gasteiger partial charge in [-0.05, 0) is 41.8 Å². The third-order valence-electron chi connectivity index (χ3n) is 2.57. The molecule has 0 radical (unpaired) electrons. The highest BCUT2D eigenvalue weighted by molar-refractivity contribution is 7.89. The summed E-state index contributed by atoms with van der Waals surface area (Å²) in [5.41, 5.74) is 1.07. The molecule has 2 N–H and O–H groups in total. The summed E-state index contributed by atoms with van der Waals surface area (Å²) in [6.45, 7) is 1.78. The van der Waals surface area contributed by atoms with Gasteiger partial charge < -0.3 is 5.11 Å². The van der Waals surface area contributed by atoms with Crippen LogP contribution in [-0.2, 0) is 16.4 Å². The molecule has 0 amide bonds. The molecule has 1 unspecified atom stereocenters. The summed E-state index contributed by atoms with van der Waals surface area (Å²) in [4.78, 5) is 10.8. The molecule has 2 rings (SSSR count). The Hall–Kier alpha value is -1.22. The van der Waals surface area contributed by atoms with Gasteiger partial charge in [0.25, 0.3) is 0 Å². The Balaban J connectivity index is 2.08. The molecular formula is C12H13NO4S3. The number of thiophene rings is 2. The maximum Gasteiger partial charge on any atom is 0.345 e. The summed E-state index contributed by atoms with van der Waals surface area (Å²) < 4.78 is 26.8. The van der Waals surface area contributed by atoms with E-state index in [1.807, 2.05) is 16.8 Å². The van der Waals surface area contributed by atoms with Gasteiger partial charge in [0.05, 0.1) is 4.90 Å². The smallest absolute Gasteiger partial charge is 0.345 e. The fourth-order valence-electron chi connectivity index (χ4n) is 1.71. The number of hydrogen-bond acceptors (Lipinski definition) is 5. The third-order valence-corrected chi connectivity index (χ3v) is 5.94. The number of nitrogens with one attached hydrogen (secondary N) is 1. The number of carboxylic acids is 1. The SMILES string of the molecule is CC(Cc1ccsc1)NS(=O)(=O)c1csc(C(=O)O)c1. The van der Waals surface area contributed by atoms with Gasteiger partial charge in [0.15, 0.2) is 0 Å². The zero-order valence-electron chi connectivity index (χ0n) is 10.6. The van der Waals surface area contributed by atoms with Crippen molar-refractivity contribution in [3.63, 3.8) is 0 Å². The van der Waals surface area contributed by atoms with Gasteiger partial charge in [-0.2, -0.15) is 11.3 Å². The summed E-state index contributed by atoms with van der Waals surface area (Å²) in [6.07, 6.45) is 0.596. The predicted molar refractivity (Wildman–Crippen MR) is 79.1 cm³/mol. The van der Waals surface area contributed by atoms with Crippen molar-refractivity contribution >= 4 is 38.7 Å². The molecule has 2 heterocycles. The highest BCUT2D eigenvalue weighted by Gasteiger charge is 2.20. The molecule has 108 valence electrons. The van der Waals surface area contributed by atoms with Crippen molar-refractivity contribution < 1.29 is 18.3 Å². The normalized spacial score (nSPS) is 13.2. The molecule has 1 atom stereocenters. The molecule has 0 fully saturated rings. The summed E-state index contributed by atoms with van der Waals surface area (Å²) >= 11 is 2.46. The van der Waals surface area contributed by atoms with Crippen molar-refractivity contribution in [2.45, 2.75) is 24.3 Å². The molecule has 0 aromatic carbocycles. The van der Waals surface area contributed by atoms with Crippen LogP contribution in [0.1, 0.15) is 22.2 Å². The van der Waals surface area contributed by atoms with Gasteiger partial charge in [-0.1, -0.05) is 0 Å². The number of carboxylic acid groups (broad SMARTS) is 1. The maximum absolute atomic E-state index is 12.1. The Morgan fingerprint density at radius 2 is 2.20 bits per heavy atom. The van der Waals surface area contributed by atoms with Crippen LogP contribution in [0.25, 0.3) is 0 Å². The van der Waals surface area contributed by atoms with Crippen LogP contribution >= 0.6 is 22.7 Å². The number of aromatic carboxylic acids is 1. The number of rotatable bonds is 6. The van der Waals surface area contributed by atoms with Gasteiger partial charge in [0, 0.05) is 11.4 Å². The van der Waals surface area contributed by atoms with E-state index in [9.17, 15) is 13.2 Å². The zero-order chi connectivity index (χ0) is 14.8. The second kappa shape index (κ2) is 6.04. The van der Waals surface area contributed by atoms with E-state index in [0.29, 0.717) is 6.42 Å². The van der Waals surface area contributed by atoms with Gasteiger partial charge in [-0.3, -0.25) is 0 Å². The van der Waals surface area contributed by atoms with E-state index in [2.05, 4.69) is 4.72 Å². The van der Waals surface area contributed by atoms with Crippen LogP contribution in [0.15, 0.2) is 33.2 Å². The van der Waals surface area contributed by atoms with E-state index in [1.165, 1.54) is 11.4 Å². The van der Waals surface area contributed by atoms with Crippen molar-refractivity contribution in [3.05, 3.63) is 38.7 Å². The summed E-state index contributed by atoms with van der Waals surface area (Å²) in [7, 11) is -3.67. The van der Waals surface area contributed by atoms with Crippen LogP contribution in [-0.4, -0.2) is 25.5 Å². The van der Waals surface area contributed by atoms with Gasteiger partial charge in [0.2, 0.25) is 10.0 Å². The van der Waals surface area contributed by atoms with Gasteiger partial charge in [-0.15, -0.1) is 11.3 Å². The lowest BCUT2D eigenvalue weighted by molar-refractivity contribution is 0.0702. The minimum absolute atomic E-state index is 0.00271. The first kappa shape index (κ1) is 15.2. The van der Waals surface area contributed by atoms with Crippen LogP contribution in [0, 0.1) is 0 Å². The highest BCUT2D eigenvalue weighted by Crippen LogP contribution is 2.20. The Labute approximate surface area is 124 Å². The lowest BCUT2D eigenvalue weighted by atomic mass is 10.1. The van der Waals surface area contributed by atoms with Crippen molar-refractivity contribution in [1.82, 2.24) is 4.72 Å². The second-order valence-corrected chi connectivity index (χ2v) is 7.72. The van der Waals surface area contributed by atoms with Gasteiger partial charge in [-0.25, -0.2) is 17.9 Å². The van der Waals surface area contributed by atoms with E-state index in [1.54, 1.807) is 18.3 Å². The van der Waals surface area contributed by atoms with Crippen LogP contribution in [0.3, 0.4) is 0 Å². The second-order valence-electron chi connectivity index (χ2n) is 4.31. The molecule has 0 aliphatic carbocycles. The standard InChI is InChI=1S/C12H13NO4S3/c1-8(4-9-2-3-18-6-9)13-20(16,17)10-5-11(12(14)15)19-7-10/h2-3,5-8,13H,4H2,1H3,(H,14,15). The molecule has 2 aromatic rings. The number of sulfonamides is 1. The first-order valence-corrected chi connectivity index (χ1v) is 9.04. The molecule has 8 heteroatoms. The van der Waals surface area contributed by atoms with Crippen LogP contribution in [0.4, 0.5) is 0 Å². The average molecular weight is 331 g/mol. The molecule has 2 aromatic heterocycles. The average Bonchev–Trinajstić information content (AvgIpc) is 2.97. The third kappa shape index (κ3) is 3.66.